The maximum atomic E-state index is 11.8. The zero-order valence-electron chi connectivity index (χ0n) is 10.3. The number of carbonyl (C=O) groups is 2. The minimum absolute atomic E-state index is 0.0749. The van der Waals surface area contributed by atoms with Crippen molar-refractivity contribution in [3.63, 3.8) is 0 Å². The molecular weight excluding hydrogens is 246 g/mol. The lowest BCUT2D eigenvalue weighted by molar-refractivity contribution is -0.120. The van der Waals surface area contributed by atoms with Gasteiger partial charge in [0.25, 0.3) is 5.91 Å². The first-order chi connectivity index (χ1) is 9.11. The van der Waals surface area contributed by atoms with Gasteiger partial charge in [0, 0.05) is 12.5 Å². The standard InChI is InChI=1S/C14H13NO4/c1-2-3-4-5-6-9-7-12(17)19-10-8-11(16)15-14(18)13(9)10/h1,7H,3-6,8H2,(H,15,16,18). The molecule has 0 saturated heterocycles. The summed E-state index contributed by atoms with van der Waals surface area (Å²) in [7, 11) is 0. The van der Waals surface area contributed by atoms with Gasteiger partial charge in [-0.2, -0.15) is 0 Å². The van der Waals surface area contributed by atoms with Gasteiger partial charge in [0.1, 0.15) is 5.76 Å². The highest BCUT2D eigenvalue weighted by Crippen LogP contribution is 2.19. The van der Waals surface area contributed by atoms with E-state index < -0.39 is 17.4 Å². The minimum Gasteiger partial charge on any atom is -0.426 e. The van der Waals surface area contributed by atoms with Crippen molar-refractivity contribution < 1.29 is 14.0 Å². The van der Waals surface area contributed by atoms with Crippen LogP contribution in [0, 0.1) is 12.3 Å². The molecule has 1 aromatic heterocycles. The fourth-order valence-electron chi connectivity index (χ4n) is 2.11. The third-order valence-electron chi connectivity index (χ3n) is 2.93. The molecule has 0 aromatic carbocycles. The highest BCUT2D eigenvalue weighted by molar-refractivity contribution is 6.09. The Kier molecular flexibility index (Phi) is 3.81. The van der Waals surface area contributed by atoms with Gasteiger partial charge in [-0.05, 0) is 24.8 Å². The second-order valence-electron chi connectivity index (χ2n) is 4.35. The van der Waals surface area contributed by atoms with Gasteiger partial charge in [-0.3, -0.25) is 14.9 Å². The summed E-state index contributed by atoms with van der Waals surface area (Å²) in [6, 6.07) is 1.31. The molecule has 2 heterocycles. The van der Waals surface area contributed by atoms with Crippen molar-refractivity contribution in [3.05, 3.63) is 33.4 Å². The van der Waals surface area contributed by atoms with E-state index in [0.29, 0.717) is 24.0 Å². The third kappa shape index (κ3) is 2.91. The van der Waals surface area contributed by atoms with Gasteiger partial charge in [-0.15, -0.1) is 12.3 Å². The molecule has 1 aromatic rings. The minimum atomic E-state index is -0.534. The van der Waals surface area contributed by atoms with Gasteiger partial charge in [0.2, 0.25) is 5.91 Å². The summed E-state index contributed by atoms with van der Waals surface area (Å²) in [6.07, 6.45) is 7.92. The quantitative estimate of drug-likeness (QED) is 0.493. The smallest absolute Gasteiger partial charge is 0.336 e. The van der Waals surface area contributed by atoms with E-state index in [0.717, 1.165) is 12.8 Å². The number of amides is 2. The Labute approximate surface area is 110 Å². The van der Waals surface area contributed by atoms with Crippen LogP contribution in [0.15, 0.2) is 15.3 Å². The molecule has 5 nitrogen and oxygen atoms in total. The molecule has 5 heteroatoms. The van der Waals surface area contributed by atoms with Crippen molar-refractivity contribution >= 4 is 11.8 Å². The van der Waals surface area contributed by atoms with E-state index in [1.165, 1.54) is 6.07 Å². The maximum absolute atomic E-state index is 11.8. The molecule has 2 amide bonds. The largest absolute Gasteiger partial charge is 0.426 e. The molecule has 1 aliphatic rings. The predicted molar refractivity (Wildman–Crippen MR) is 67.5 cm³/mol. The van der Waals surface area contributed by atoms with Crippen LogP contribution in [0.3, 0.4) is 0 Å². The Hall–Kier alpha value is -2.35. The lowest BCUT2D eigenvalue weighted by atomic mass is 9.97. The Bertz CT molecular complexity index is 621. The molecule has 1 aliphatic heterocycles. The number of rotatable bonds is 4. The van der Waals surface area contributed by atoms with E-state index in [1.807, 2.05) is 0 Å². The highest BCUT2D eigenvalue weighted by Gasteiger charge is 2.27. The van der Waals surface area contributed by atoms with Crippen LogP contribution in [-0.4, -0.2) is 11.8 Å². The van der Waals surface area contributed by atoms with E-state index >= 15 is 0 Å². The van der Waals surface area contributed by atoms with Crippen molar-refractivity contribution in [2.75, 3.05) is 0 Å². The van der Waals surface area contributed by atoms with Crippen molar-refractivity contribution in [3.8, 4) is 12.3 Å². The molecule has 0 bridgehead atoms. The fraction of sp³-hybridized carbons (Fsp3) is 0.357. The summed E-state index contributed by atoms with van der Waals surface area (Å²) >= 11 is 0. The van der Waals surface area contributed by atoms with Gasteiger partial charge < -0.3 is 4.42 Å². The van der Waals surface area contributed by atoms with Gasteiger partial charge in [0.15, 0.2) is 0 Å². The number of hydrogen-bond donors (Lipinski definition) is 1. The normalized spacial score (nSPS) is 13.6. The molecule has 0 atom stereocenters. The Morgan fingerprint density at radius 3 is 2.84 bits per heavy atom. The van der Waals surface area contributed by atoms with Crippen LogP contribution in [0.25, 0.3) is 0 Å². The average molecular weight is 259 g/mol. The topological polar surface area (TPSA) is 76.4 Å². The molecule has 0 radical (unpaired) electrons. The summed E-state index contributed by atoms with van der Waals surface area (Å²) in [5.41, 5.74) is 0.404. The zero-order valence-corrected chi connectivity index (χ0v) is 10.3. The second kappa shape index (κ2) is 5.53. The molecule has 98 valence electrons. The van der Waals surface area contributed by atoms with Crippen molar-refractivity contribution in [1.29, 1.82) is 0 Å². The van der Waals surface area contributed by atoms with Crippen LogP contribution in [0.5, 0.6) is 0 Å². The van der Waals surface area contributed by atoms with Gasteiger partial charge >= 0.3 is 5.63 Å². The van der Waals surface area contributed by atoms with E-state index in [4.69, 9.17) is 10.8 Å². The summed E-state index contributed by atoms with van der Waals surface area (Å²) in [5.74, 6) is 1.75. The predicted octanol–water partition coefficient (Wildman–Crippen LogP) is 0.798. The summed E-state index contributed by atoms with van der Waals surface area (Å²) in [6.45, 7) is 0. The van der Waals surface area contributed by atoms with Crippen molar-refractivity contribution in [2.45, 2.75) is 32.1 Å². The maximum Gasteiger partial charge on any atom is 0.336 e. The van der Waals surface area contributed by atoms with Crippen LogP contribution in [0.2, 0.25) is 0 Å². The third-order valence-corrected chi connectivity index (χ3v) is 2.93. The lowest BCUT2D eigenvalue weighted by Gasteiger charge is -2.16. The first kappa shape index (κ1) is 13.1. The first-order valence-electron chi connectivity index (χ1n) is 6.05. The zero-order chi connectivity index (χ0) is 13.8. The first-order valence-corrected chi connectivity index (χ1v) is 6.05. The summed E-state index contributed by atoms with van der Waals surface area (Å²) in [5, 5.41) is 2.22. The fourth-order valence-corrected chi connectivity index (χ4v) is 2.11. The molecule has 0 saturated carbocycles. The number of imide groups is 1. The van der Waals surface area contributed by atoms with Crippen LogP contribution in [0.4, 0.5) is 0 Å². The number of carbonyl (C=O) groups excluding carboxylic acids is 2. The van der Waals surface area contributed by atoms with Gasteiger partial charge in [-0.25, -0.2) is 4.79 Å². The number of unbranched alkanes of at least 4 members (excludes halogenated alkanes) is 2. The number of hydrogen-bond acceptors (Lipinski definition) is 4. The number of aryl methyl sites for hydroxylation is 1. The lowest BCUT2D eigenvalue weighted by Crippen LogP contribution is -2.38. The van der Waals surface area contributed by atoms with Crippen LogP contribution >= 0.6 is 0 Å². The monoisotopic (exact) mass is 259 g/mol. The van der Waals surface area contributed by atoms with E-state index in [1.54, 1.807) is 0 Å². The molecule has 19 heavy (non-hydrogen) atoms. The molecule has 0 spiro atoms. The van der Waals surface area contributed by atoms with E-state index in [-0.39, 0.29) is 12.2 Å². The Morgan fingerprint density at radius 2 is 2.11 bits per heavy atom. The molecular formula is C14H13NO4. The van der Waals surface area contributed by atoms with Crippen LogP contribution in [0.1, 0.15) is 40.9 Å². The Morgan fingerprint density at radius 1 is 1.32 bits per heavy atom. The van der Waals surface area contributed by atoms with Crippen LogP contribution in [-0.2, 0) is 17.6 Å². The van der Waals surface area contributed by atoms with Crippen molar-refractivity contribution in [2.24, 2.45) is 0 Å². The second-order valence-corrected chi connectivity index (χ2v) is 4.35. The van der Waals surface area contributed by atoms with Crippen LogP contribution < -0.4 is 10.9 Å². The molecule has 0 aliphatic carbocycles. The average Bonchev–Trinajstić information content (AvgIpc) is 2.33. The summed E-state index contributed by atoms with van der Waals surface area (Å²) in [4.78, 5) is 34.5. The number of fused-ring (bicyclic) bond motifs is 1. The molecule has 0 fully saturated rings. The number of nitrogens with one attached hydrogen (secondary N) is 1. The molecule has 2 rings (SSSR count). The van der Waals surface area contributed by atoms with Gasteiger partial charge in [-0.1, -0.05) is 0 Å². The SMILES string of the molecule is C#CCCCCc1cc(=O)oc2c1C(=O)NC(=O)C2. The molecule has 0 unspecified atom stereocenters. The van der Waals surface area contributed by atoms with E-state index in [9.17, 15) is 14.4 Å². The highest BCUT2D eigenvalue weighted by atomic mass is 16.4. The number of terminal acetylenes is 1. The van der Waals surface area contributed by atoms with E-state index in [2.05, 4.69) is 11.2 Å². The van der Waals surface area contributed by atoms with Gasteiger partial charge in [0.05, 0.1) is 12.0 Å². The molecule has 1 N–H and O–H groups in total. The van der Waals surface area contributed by atoms with Crippen molar-refractivity contribution in [1.82, 2.24) is 5.32 Å². The Balaban J connectivity index is 2.29. The summed E-state index contributed by atoms with van der Waals surface area (Å²) < 4.78 is 4.94.